The topological polar surface area (TPSA) is 0 Å². The summed E-state index contributed by atoms with van der Waals surface area (Å²) in [7, 11) is 4.94. The molecule has 3 radical (unpaired) electrons. The minimum absolute atomic E-state index is 1.24. The van der Waals surface area contributed by atoms with E-state index in [2.05, 4.69) is 73.4 Å². The highest BCUT2D eigenvalue weighted by Crippen LogP contribution is 2.48. The number of hydrogen-bond acceptors (Lipinski definition) is 0. The molecule has 0 saturated heterocycles. The van der Waals surface area contributed by atoms with E-state index < -0.39 is 7.14 Å². The quantitative estimate of drug-likeness (QED) is 0.489. The molecule has 0 spiro atoms. The summed E-state index contributed by atoms with van der Waals surface area (Å²) in [5.74, 6) is 0. The number of benzene rings is 3. The fourth-order valence-corrected chi connectivity index (χ4v) is 4.66. The molecule has 91 valence electrons. The SMILES string of the molecule is [B-][P+](C)(c1ccccc1)c1cccc2ccccc12. The smallest absolute Gasteiger partial charge is 0.0542 e. The van der Waals surface area contributed by atoms with Gasteiger partial charge in [-0.3, -0.25) is 7.57 Å². The van der Waals surface area contributed by atoms with E-state index in [0.717, 1.165) is 0 Å². The van der Waals surface area contributed by atoms with Crippen LogP contribution in [0.4, 0.5) is 0 Å². The third-order valence-electron chi connectivity index (χ3n) is 3.56. The van der Waals surface area contributed by atoms with Gasteiger partial charge >= 0.3 is 0 Å². The molecule has 3 rings (SSSR count). The fraction of sp³-hybridized carbons (Fsp3) is 0.0588. The van der Waals surface area contributed by atoms with E-state index in [4.69, 9.17) is 7.57 Å². The molecule has 1 unspecified atom stereocenters. The minimum Gasteiger partial charge on any atom is -0.292 e. The third kappa shape index (κ3) is 2.20. The Morgan fingerprint density at radius 1 is 0.737 bits per heavy atom. The lowest BCUT2D eigenvalue weighted by Gasteiger charge is -2.33. The molecule has 0 amide bonds. The normalized spacial score (nSPS) is 14.2. The Balaban J connectivity index is 2.24. The lowest BCUT2D eigenvalue weighted by molar-refractivity contribution is 1.76. The van der Waals surface area contributed by atoms with E-state index in [1.165, 1.54) is 21.4 Å². The van der Waals surface area contributed by atoms with Gasteiger partial charge < -0.3 is 0 Å². The van der Waals surface area contributed by atoms with Crippen LogP contribution in [0, 0.1) is 0 Å². The molecule has 0 nitrogen and oxygen atoms in total. The molecular weight excluding hydrogens is 246 g/mol. The zero-order valence-corrected chi connectivity index (χ0v) is 11.8. The van der Waals surface area contributed by atoms with Crippen molar-refractivity contribution in [1.82, 2.24) is 0 Å². The van der Waals surface area contributed by atoms with Crippen LogP contribution in [-0.4, -0.2) is 14.2 Å². The van der Waals surface area contributed by atoms with Crippen molar-refractivity contribution in [3.05, 3.63) is 72.8 Å². The third-order valence-corrected chi connectivity index (χ3v) is 6.32. The van der Waals surface area contributed by atoms with Gasteiger partial charge in [0.1, 0.15) is 0 Å². The molecule has 0 fully saturated rings. The van der Waals surface area contributed by atoms with Crippen LogP contribution in [0.25, 0.3) is 10.8 Å². The monoisotopic (exact) mass is 261 g/mol. The molecule has 1 atom stereocenters. The van der Waals surface area contributed by atoms with Crippen molar-refractivity contribution in [3.63, 3.8) is 0 Å². The molecule has 0 N–H and O–H groups in total. The van der Waals surface area contributed by atoms with Crippen LogP contribution >= 0.6 is 7.14 Å². The first-order valence-corrected chi connectivity index (χ1v) is 8.69. The Hall–Kier alpha value is -1.59. The highest BCUT2D eigenvalue weighted by Gasteiger charge is 2.20. The van der Waals surface area contributed by atoms with E-state index in [9.17, 15) is 0 Å². The van der Waals surface area contributed by atoms with Crippen LogP contribution in [-0.2, 0) is 0 Å². The van der Waals surface area contributed by atoms with Gasteiger partial charge in [-0.25, -0.2) is 0 Å². The molecule has 0 bridgehead atoms. The maximum absolute atomic E-state index is 6.74. The van der Waals surface area contributed by atoms with Gasteiger partial charge in [-0.2, -0.15) is 7.14 Å². The summed E-state index contributed by atoms with van der Waals surface area (Å²) in [5.41, 5.74) is 0. The Labute approximate surface area is 116 Å². The molecule has 19 heavy (non-hydrogen) atoms. The van der Waals surface area contributed by atoms with Gasteiger partial charge in [-0.1, -0.05) is 54.6 Å². The van der Waals surface area contributed by atoms with Crippen LogP contribution in [0.2, 0.25) is 0 Å². The largest absolute Gasteiger partial charge is 0.292 e. The van der Waals surface area contributed by atoms with E-state index in [-0.39, 0.29) is 0 Å². The van der Waals surface area contributed by atoms with Crippen molar-refractivity contribution in [2.75, 3.05) is 6.66 Å². The molecule has 0 aliphatic rings. The van der Waals surface area contributed by atoms with Crippen LogP contribution in [0.15, 0.2) is 72.8 Å². The summed E-state index contributed by atoms with van der Waals surface area (Å²) in [6.07, 6.45) is 0. The van der Waals surface area contributed by atoms with Crippen molar-refractivity contribution in [2.24, 2.45) is 0 Å². The van der Waals surface area contributed by atoms with Crippen LogP contribution < -0.4 is 10.6 Å². The van der Waals surface area contributed by atoms with Gasteiger partial charge in [0.25, 0.3) is 0 Å². The molecule has 3 aromatic carbocycles. The average Bonchev–Trinajstić information content (AvgIpc) is 2.47. The molecule has 0 aromatic heterocycles. The number of hydrogen-bond donors (Lipinski definition) is 0. The second kappa shape index (κ2) is 4.83. The number of rotatable bonds is 2. The number of fused-ring (bicyclic) bond motifs is 1. The van der Waals surface area contributed by atoms with Crippen LogP contribution in [0.1, 0.15) is 0 Å². The molecule has 2 heteroatoms. The van der Waals surface area contributed by atoms with Gasteiger partial charge in [0.15, 0.2) is 0 Å². The second-order valence-electron chi connectivity index (χ2n) is 4.91. The first-order valence-electron chi connectivity index (χ1n) is 6.38. The Morgan fingerprint density at radius 3 is 2.16 bits per heavy atom. The molecule has 0 heterocycles. The summed E-state index contributed by atoms with van der Waals surface area (Å²) in [5, 5.41) is 5.04. The van der Waals surface area contributed by atoms with E-state index in [0.29, 0.717) is 0 Å². The van der Waals surface area contributed by atoms with Gasteiger partial charge in [-0.15, -0.1) is 0 Å². The molecule has 0 saturated carbocycles. The predicted octanol–water partition coefficient (Wildman–Crippen LogP) is 3.52. The summed E-state index contributed by atoms with van der Waals surface area (Å²) in [4.78, 5) is 0. The second-order valence-corrected chi connectivity index (χ2v) is 8.06. The summed E-state index contributed by atoms with van der Waals surface area (Å²) in [6.45, 7) is 2.18. The van der Waals surface area contributed by atoms with E-state index in [1.54, 1.807) is 0 Å². The standard InChI is InChI=1S/C17H15BP/c1-19(18,15-10-3-2-4-11-15)17-13-7-9-14-8-5-6-12-16(14)17/h2-13H,1H3. The molecule has 3 aromatic rings. The molecule has 0 aliphatic heterocycles. The molecule has 0 aliphatic carbocycles. The van der Waals surface area contributed by atoms with Gasteiger partial charge in [-0.05, 0) is 23.6 Å². The summed E-state index contributed by atoms with van der Waals surface area (Å²) < 4.78 is 0. The van der Waals surface area contributed by atoms with Crippen molar-refractivity contribution >= 4 is 36.1 Å². The minimum atomic E-state index is -1.79. The van der Waals surface area contributed by atoms with Crippen molar-refractivity contribution < 1.29 is 0 Å². The lowest BCUT2D eigenvalue weighted by Crippen LogP contribution is -2.21. The fourth-order valence-electron chi connectivity index (χ4n) is 2.49. The maximum atomic E-state index is 6.74. The first-order chi connectivity index (χ1) is 9.19. The molecular formula is C17H15BP. The van der Waals surface area contributed by atoms with Crippen molar-refractivity contribution in [3.8, 4) is 0 Å². The maximum Gasteiger partial charge on any atom is 0.0542 e. The van der Waals surface area contributed by atoms with Crippen LogP contribution in [0.5, 0.6) is 0 Å². The van der Waals surface area contributed by atoms with Crippen molar-refractivity contribution in [1.29, 1.82) is 0 Å². The van der Waals surface area contributed by atoms with E-state index in [1.807, 2.05) is 6.07 Å². The predicted molar refractivity (Wildman–Crippen MR) is 88.3 cm³/mol. The van der Waals surface area contributed by atoms with Gasteiger partial charge in [0.2, 0.25) is 0 Å². The highest BCUT2D eigenvalue weighted by atomic mass is 31.2. The Kier molecular flexibility index (Phi) is 3.17. The average molecular weight is 261 g/mol. The first kappa shape index (κ1) is 12.4. The van der Waals surface area contributed by atoms with Gasteiger partial charge in [0, 0.05) is 17.4 Å². The van der Waals surface area contributed by atoms with Gasteiger partial charge in [0.05, 0.1) is 5.30 Å². The van der Waals surface area contributed by atoms with Crippen LogP contribution in [0.3, 0.4) is 0 Å². The highest BCUT2D eigenvalue weighted by molar-refractivity contribution is 8.08. The zero-order chi connectivity index (χ0) is 13.3. The van der Waals surface area contributed by atoms with Crippen molar-refractivity contribution in [2.45, 2.75) is 0 Å². The van der Waals surface area contributed by atoms with E-state index >= 15 is 0 Å². The Bertz CT molecular complexity index is 699. The Morgan fingerprint density at radius 2 is 1.37 bits per heavy atom. The summed E-state index contributed by atoms with van der Waals surface area (Å²) in [6, 6.07) is 25.3. The lowest BCUT2D eigenvalue weighted by atomic mass is 10.1. The zero-order valence-electron chi connectivity index (χ0n) is 11.0. The summed E-state index contributed by atoms with van der Waals surface area (Å²) >= 11 is 0.